The van der Waals surface area contributed by atoms with E-state index >= 15 is 0 Å². The van der Waals surface area contributed by atoms with Crippen LogP contribution in [0.3, 0.4) is 0 Å². The second-order valence-electron chi connectivity index (χ2n) is 4.73. The molecule has 0 atom stereocenters. The molecule has 1 heterocycles. The Morgan fingerprint density at radius 1 is 1.05 bits per heavy atom. The van der Waals surface area contributed by atoms with Crippen molar-refractivity contribution in [1.29, 1.82) is 0 Å². The van der Waals surface area contributed by atoms with Crippen LogP contribution in [-0.4, -0.2) is 17.4 Å². The quantitative estimate of drug-likeness (QED) is 0.846. The van der Waals surface area contributed by atoms with Gasteiger partial charge in [0.1, 0.15) is 0 Å². The van der Waals surface area contributed by atoms with E-state index in [0.29, 0.717) is 6.54 Å². The number of carbonyl (C=O) groups is 1. The lowest BCUT2D eigenvalue weighted by atomic mass is 10.1. The Labute approximate surface area is 121 Å². The molecule has 3 heteroatoms. The van der Waals surface area contributed by atoms with Crippen molar-refractivity contribution in [3.8, 4) is 0 Å². The van der Waals surface area contributed by atoms with Gasteiger partial charge >= 0.3 is 0 Å². The normalized spacial score (nSPS) is 13.7. The molecule has 2 nitrogen and oxygen atoms in total. The third-order valence-electron chi connectivity index (χ3n) is 3.50. The predicted molar refractivity (Wildman–Crippen MR) is 79.0 cm³/mol. The first kappa shape index (κ1) is 12.4. The van der Waals surface area contributed by atoms with Gasteiger partial charge in [0.05, 0.1) is 0 Å². The lowest BCUT2D eigenvalue weighted by Gasteiger charge is -2.15. The standard InChI is InChI=1S/C16H14BrNO/c17-15-8-4-7-13-14(15)11-18(16(13)19)10-9-12-5-2-1-3-6-12/h1-8H,9-11H2. The van der Waals surface area contributed by atoms with Gasteiger partial charge in [0.2, 0.25) is 0 Å². The zero-order valence-electron chi connectivity index (χ0n) is 10.5. The highest BCUT2D eigenvalue weighted by molar-refractivity contribution is 9.10. The highest BCUT2D eigenvalue weighted by Crippen LogP contribution is 2.29. The van der Waals surface area contributed by atoms with Gasteiger partial charge in [0.15, 0.2) is 0 Å². The van der Waals surface area contributed by atoms with Gasteiger partial charge in [-0.2, -0.15) is 0 Å². The van der Waals surface area contributed by atoms with Gasteiger partial charge in [-0.15, -0.1) is 0 Å². The molecule has 0 N–H and O–H groups in total. The smallest absolute Gasteiger partial charge is 0.254 e. The van der Waals surface area contributed by atoms with Crippen LogP contribution in [-0.2, 0) is 13.0 Å². The van der Waals surface area contributed by atoms with E-state index in [-0.39, 0.29) is 5.91 Å². The maximum atomic E-state index is 12.3. The summed E-state index contributed by atoms with van der Waals surface area (Å²) in [7, 11) is 0. The second kappa shape index (κ2) is 5.17. The zero-order valence-corrected chi connectivity index (χ0v) is 12.1. The summed E-state index contributed by atoms with van der Waals surface area (Å²) in [6.07, 6.45) is 0.901. The number of hydrogen-bond donors (Lipinski definition) is 0. The first-order valence-corrected chi connectivity index (χ1v) is 7.15. The minimum absolute atomic E-state index is 0.146. The van der Waals surface area contributed by atoms with Crippen molar-refractivity contribution < 1.29 is 4.79 Å². The molecule has 0 unspecified atom stereocenters. The number of rotatable bonds is 3. The number of halogens is 1. The number of nitrogens with zero attached hydrogens (tertiary/aromatic N) is 1. The molecular formula is C16H14BrNO. The SMILES string of the molecule is O=C1c2cccc(Br)c2CN1CCc1ccccc1. The van der Waals surface area contributed by atoms with E-state index in [1.54, 1.807) is 0 Å². The average molecular weight is 316 g/mol. The maximum absolute atomic E-state index is 12.3. The van der Waals surface area contributed by atoms with Crippen LogP contribution in [0.25, 0.3) is 0 Å². The van der Waals surface area contributed by atoms with E-state index in [1.165, 1.54) is 5.56 Å². The molecule has 2 aromatic carbocycles. The van der Waals surface area contributed by atoms with Crippen molar-refractivity contribution in [2.24, 2.45) is 0 Å². The van der Waals surface area contributed by atoms with Crippen LogP contribution in [0.4, 0.5) is 0 Å². The third kappa shape index (κ3) is 2.43. The molecule has 0 saturated carbocycles. The van der Waals surface area contributed by atoms with Crippen LogP contribution in [0.1, 0.15) is 21.5 Å². The van der Waals surface area contributed by atoms with E-state index in [0.717, 1.165) is 28.6 Å². The van der Waals surface area contributed by atoms with Crippen LogP contribution in [0, 0.1) is 0 Å². The van der Waals surface area contributed by atoms with Crippen LogP contribution >= 0.6 is 15.9 Å². The largest absolute Gasteiger partial charge is 0.334 e. The molecule has 0 fully saturated rings. The molecule has 1 amide bonds. The van der Waals surface area contributed by atoms with Gasteiger partial charge in [-0.25, -0.2) is 0 Å². The molecule has 96 valence electrons. The van der Waals surface area contributed by atoms with Gasteiger partial charge in [-0.3, -0.25) is 4.79 Å². The Kier molecular flexibility index (Phi) is 3.38. The molecule has 0 aromatic heterocycles. The highest BCUT2D eigenvalue weighted by Gasteiger charge is 2.28. The summed E-state index contributed by atoms with van der Waals surface area (Å²) in [6.45, 7) is 1.48. The second-order valence-corrected chi connectivity index (χ2v) is 5.58. The Balaban J connectivity index is 1.72. The molecule has 1 aliphatic rings. The average Bonchev–Trinajstić information content (AvgIpc) is 2.77. The van der Waals surface area contributed by atoms with Gasteiger partial charge in [-0.05, 0) is 29.7 Å². The number of benzene rings is 2. The minimum atomic E-state index is 0.146. The lowest BCUT2D eigenvalue weighted by molar-refractivity contribution is 0.0780. The summed E-state index contributed by atoms with van der Waals surface area (Å²) in [5.74, 6) is 0.146. The van der Waals surface area contributed by atoms with Gasteiger partial charge in [0, 0.05) is 23.1 Å². The van der Waals surface area contributed by atoms with E-state index in [9.17, 15) is 4.79 Å². The summed E-state index contributed by atoms with van der Waals surface area (Å²) in [6, 6.07) is 16.1. The van der Waals surface area contributed by atoms with Crippen molar-refractivity contribution in [1.82, 2.24) is 4.90 Å². The summed E-state index contributed by atoms with van der Waals surface area (Å²) >= 11 is 3.52. The van der Waals surface area contributed by atoms with Crippen molar-refractivity contribution in [2.45, 2.75) is 13.0 Å². The molecule has 3 rings (SSSR count). The number of fused-ring (bicyclic) bond motifs is 1. The first-order valence-electron chi connectivity index (χ1n) is 6.36. The topological polar surface area (TPSA) is 20.3 Å². The zero-order chi connectivity index (χ0) is 13.2. The molecular weight excluding hydrogens is 302 g/mol. The van der Waals surface area contributed by atoms with Gasteiger partial charge < -0.3 is 4.90 Å². The van der Waals surface area contributed by atoms with Crippen molar-refractivity contribution in [2.75, 3.05) is 6.54 Å². The fraction of sp³-hybridized carbons (Fsp3) is 0.188. The van der Waals surface area contributed by atoms with E-state index in [2.05, 4.69) is 28.1 Å². The summed E-state index contributed by atoms with van der Waals surface area (Å²) in [4.78, 5) is 14.2. The summed E-state index contributed by atoms with van der Waals surface area (Å²) in [5.41, 5.74) is 3.22. The van der Waals surface area contributed by atoms with E-state index in [4.69, 9.17) is 0 Å². The fourth-order valence-electron chi connectivity index (χ4n) is 2.44. The van der Waals surface area contributed by atoms with E-state index < -0.39 is 0 Å². The van der Waals surface area contributed by atoms with Crippen LogP contribution in [0.5, 0.6) is 0 Å². The monoisotopic (exact) mass is 315 g/mol. The fourth-order valence-corrected chi connectivity index (χ4v) is 2.93. The molecule has 0 radical (unpaired) electrons. The first-order chi connectivity index (χ1) is 9.25. The Hall–Kier alpha value is -1.61. The molecule has 1 aliphatic heterocycles. The molecule has 19 heavy (non-hydrogen) atoms. The Morgan fingerprint density at radius 3 is 2.58 bits per heavy atom. The van der Waals surface area contributed by atoms with Crippen LogP contribution in [0.2, 0.25) is 0 Å². The van der Waals surface area contributed by atoms with Crippen LogP contribution in [0.15, 0.2) is 53.0 Å². The Bertz CT molecular complexity index is 609. The number of carbonyl (C=O) groups excluding carboxylic acids is 1. The van der Waals surface area contributed by atoms with E-state index in [1.807, 2.05) is 41.3 Å². The van der Waals surface area contributed by atoms with Gasteiger partial charge in [-0.1, -0.05) is 52.3 Å². The molecule has 0 saturated heterocycles. The Morgan fingerprint density at radius 2 is 1.84 bits per heavy atom. The summed E-state index contributed by atoms with van der Waals surface area (Å²) in [5, 5.41) is 0. The lowest BCUT2D eigenvalue weighted by Crippen LogP contribution is -2.26. The highest BCUT2D eigenvalue weighted by atomic mass is 79.9. The molecule has 2 aromatic rings. The molecule has 0 bridgehead atoms. The number of hydrogen-bond acceptors (Lipinski definition) is 1. The number of amides is 1. The third-order valence-corrected chi connectivity index (χ3v) is 4.24. The summed E-state index contributed by atoms with van der Waals surface area (Å²) < 4.78 is 1.03. The molecule has 0 spiro atoms. The van der Waals surface area contributed by atoms with Crippen LogP contribution < -0.4 is 0 Å². The molecule has 0 aliphatic carbocycles. The minimum Gasteiger partial charge on any atom is -0.334 e. The maximum Gasteiger partial charge on any atom is 0.254 e. The van der Waals surface area contributed by atoms with Crippen molar-refractivity contribution in [3.05, 3.63) is 69.7 Å². The van der Waals surface area contributed by atoms with Crippen molar-refractivity contribution >= 4 is 21.8 Å². The van der Waals surface area contributed by atoms with Gasteiger partial charge in [0.25, 0.3) is 5.91 Å². The van der Waals surface area contributed by atoms with Crippen molar-refractivity contribution in [3.63, 3.8) is 0 Å². The predicted octanol–water partition coefficient (Wildman–Crippen LogP) is 3.65.